The van der Waals surface area contributed by atoms with Crippen molar-refractivity contribution in [1.82, 2.24) is 4.90 Å². The number of aldehydes is 1. The van der Waals surface area contributed by atoms with E-state index in [0.29, 0.717) is 19.1 Å². The van der Waals surface area contributed by atoms with Crippen LogP contribution in [-0.2, 0) is 23.9 Å². The molecule has 114 valence electrons. The summed E-state index contributed by atoms with van der Waals surface area (Å²) in [6, 6.07) is 0. The van der Waals surface area contributed by atoms with E-state index in [1.165, 1.54) is 11.9 Å². The van der Waals surface area contributed by atoms with Crippen LogP contribution < -0.4 is 0 Å². The molecule has 0 heterocycles. The Balaban J connectivity index is 2.44. The second kappa shape index (κ2) is 8.14. The number of hydrogen-bond donors (Lipinski definition) is 0. The third-order valence-corrected chi connectivity index (χ3v) is 3.25. The zero-order valence-corrected chi connectivity index (χ0v) is 12.2. The smallest absolute Gasteiger partial charge is 0.308 e. The van der Waals surface area contributed by atoms with Crippen molar-refractivity contribution in [3.8, 4) is 0 Å². The van der Waals surface area contributed by atoms with E-state index in [2.05, 4.69) is 0 Å². The summed E-state index contributed by atoms with van der Waals surface area (Å²) in [7, 11) is 1.52. The molecule has 6 heteroatoms. The van der Waals surface area contributed by atoms with Gasteiger partial charge in [-0.25, -0.2) is 0 Å². The number of allylic oxidation sites excluding steroid dienone is 2. The van der Waals surface area contributed by atoms with E-state index >= 15 is 0 Å². The molecule has 0 N–H and O–H groups in total. The van der Waals surface area contributed by atoms with Crippen LogP contribution in [0, 0.1) is 0 Å². The number of nitrogens with zero attached hydrogens (tertiary/aromatic N) is 1. The number of likely N-dealkylation sites (N-methyl/N-ethyl adjacent to an activating group) is 1. The molecule has 1 amide bonds. The number of ketones is 1. The molecule has 1 atom stereocenters. The predicted molar refractivity (Wildman–Crippen MR) is 75.3 cm³/mol. The lowest BCUT2D eigenvalue weighted by molar-refractivity contribution is -0.152. The van der Waals surface area contributed by atoms with Crippen molar-refractivity contribution in [3.63, 3.8) is 0 Å². The maximum absolute atomic E-state index is 11.7. The fourth-order valence-corrected chi connectivity index (χ4v) is 1.98. The van der Waals surface area contributed by atoms with Gasteiger partial charge in [-0.2, -0.15) is 0 Å². The van der Waals surface area contributed by atoms with Gasteiger partial charge in [-0.3, -0.25) is 19.2 Å². The summed E-state index contributed by atoms with van der Waals surface area (Å²) in [4.78, 5) is 46.2. The number of hydrogen-bond acceptors (Lipinski definition) is 5. The van der Waals surface area contributed by atoms with Gasteiger partial charge < -0.3 is 9.64 Å². The molecular weight excluding hydrogens is 274 g/mol. The quantitative estimate of drug-likeness (QED) is 0.313. The van der Waals surface area contributed by atoms with Crippen LogP contribution in [0.4, 0.5) is 0 Å². The molecule has 0 aromatic rings. The highest BCUT2D eigenvalue weighted by atomic mass is 16.5. The highest BCUT2D eigenvalue weighted by Gasteiger charge is 2.32. The predicted octanol–water partition coefficient (Wildman–Crippen LogP) is 0.811. The molecule has 0 aromatic carbocycles. The lowest BCUT2D eigenvalue weighted by Gasteiger charge is -2.16. The standard InChI is InChI=1S/C15H19NO5/c1-3-11-6-7-12(18)15(11)21-14(20)8-9-16(2)13(19)5-4-10-17/h3-5,10,15H,6-9H2,1-2H3/b5-4-,11-3+. The van der Waals surface area contributed by atoms with Crippen LogP contribution in [0.5, 0.6) is 0 Å². The van der Waals surface area contributed by atoms with Crippen LogP contribution in [0.2, 0.25) is 0 Å². The number of carbonyl (C=O) groups excluding carboxylic acids is 4. The van der Waals surface area contributed by atoms with E-state index in [0.717, 1.165) is 17.7 Å². The lowest BCUT2D eigenvalue weighted by Crippen LogP contribution is -2.30. The van der Waals surface area contributed by atoms with Crippen molar-refractivity contribution >= 4 is 23.9 Å². The van der Waals surface area contributed by atoms with Crippen LogP contribution in [0.3, 0.4) is 0 Å². The van der Waals surface area contributed by atoms with E-state index in [-0.39, 0.29) is 24.7 Å². The molecule has 1 aliphatic rings. The number of ether oxygens (including phenoxy) is 1. The minimum absolute atomic E-state index is 0.00204. The van der Waals surface area contributed by atoms with Crippen LogP contribution in [0.25, 0.3) is 0 Å². The monoisotopic (exact) mass is 293 g/mol. The number of amides is 1. The Morgan fingerprint density at radius 2 is 2.10 bits per heavy atom. The number of rotatable bonds is 6. The van der Waals surface area contributed by atoms with Crippen molar-refractivity contribution in [2.75, 3.05) is 13.6 Å². The van der Waals surface area contributed by atoms with Gasteiger partial charge in [-0.15, -0.1) is 0 Å². The third kappa shape index (κ3) is 4.98. The van der Waals surface area contributed by atoms with E-state index in [1.54, 1.807) is 13.0 Å². The Labute approximate surface area is 123 Å². The molecule has 1 fully saturated rings. The van der Waals surface area contributed by atoms with E-state index in [9.17, 15) is 19.2 Å². The molecular formula is C15H19NO5. The lowest BCUT2D eigenvalue weighted by atomic mass is 10.2. The van der Waals surface area contributed by atoms with Gasteiger partial charge in [0.1, 0.15) is 6.29 Å². The molecule has 0 aromatic heterocycles. The van der Waals surface area contributed by atoms with Crippen molar-refractivity contribution < 1.29 is 23.9 Å². The first-order valence-electron chi connectivity index (χ1n) is 6.73. The first-order chi connectivity index (χ1) is 9.99. The van der Waals surface area contributed by atoms with Crippen molar-refractivity contribution in [2.45, 2.75) is 32.3 Å². The molecule has 6 nitrogen and oxygen atoms in total. The van der Waals surface area contributed by atoms with Crippen LogP contribution in [0.1, 0.15) is 26.2 Å². The fraction of sp³-hybridized carbons (Fsp3) is 0.467. The van der Waals surface area contributed by atoms with Gasteiger partial charge in [-0.1, -0.05) is 6.08 Å². The van der Waals surface area contributed by atoms with E-state index in [1.807, 2.05) is 0 Å². The maximum atomic E-state index is 11.7. The number of carbonyl (C=O) groups is 4. The Morgan fingerprint density at radius 3 is 2.71 bits per heavy atom. The Kier molecular flexibility index (Phi) is 6.52. The fourth-order valence-electron chi connectivity index (χ4n) is 1.98. The highest BCUT2D eigenvalue weighted by Crippen LogP contribution is 2.24. The zero-order valence-electron chi connectivity index (χ0n) is 12.2. The maximum Gasteiger partial charge on any atom is 0.308 e. The van der Waals surface area contributed by atoms with E-state index in [4.69, 9.17) is 4.74 Å². The van der Waals surface area contributed by atoms with Crippen molar-refractivity contribution in [1.29, 1.82) is 0 Å². The highest BCUT2D eigenvalue weighted by molar-refractivity contribution is 5.92. The van der Waals surface area contributed by atoms with Gasteiger partial charge in [-0.05, 0) is 25.0 Å². The summed E-state index contributed by atoms with van der Waals surface area (Å²) in [5.74, 6) is -0.982. The second-order valence-electron chi connectivity index (χ2n) is 4.70. The Morgan fingerprint density at radius 1 is 1.38 bits per heavy atom. The van der Waals surface area contributed by atoms with Crippen LogP contribution in [-0.4, -0.2) is 48.5 Å². The van der Waals surface area contributed by atoms with Gasteiger partial charge >= 0.3 is 5.97 Å². The number of Topliss-reactive ketones (excluding diaryl/α,β-unsaturated/α-hetero) is 1. The zero-order chi connectivity index (χ0) is 15.8. The second-order valence-corrected chi connectivity index (χ2v) is 4.70. The van der Waals surface area contributed by atoms with Crippen LogP contribution in [0.15, 0.2) is 23.8 Å². The first-order valence-corrected chi connectivity index (χ1v) is 6.73. The molecule has 1 rings (SSSR count). The van der Waals surface area contributed by atoms with Crippen molar-refractivity contribution in [3.05, 3.63) is 23.8 Å². The summed E-state index contributed by atoms with van der Waals surface area (Å²) in [5, 5.41) is 0. The van der Waals surface area contributed by atoms with Gasteiger partial charge in [0.15, 0.2) is 11.9 Å². The Hall–Kier alpha value is -2.24. The third-order valence-electron chi connectivity index (χ3n) is 3.25. The molecule has 1 saturated carbocycles. The summed E-state index contributed by atoms with van der Waals surface area (Å²) < 4.78 is 5.17. The van der Waals surface area contributed by atoms with Gasteiger partial charge in [0.2, 0.25) is 5.91 Å². The molecule has 1 aliphatic carbocycles. The molecule has 0 radical (unpaired) electrons. The van der Waals surface area contributed by atoms with Crippen molar-refractivity contribution in [2.24, 2.45) is 0 Å². The molecule has 0 bridgehead atoms. The molecule has 0 saturated heterocycles. The van der Waals surface area contributed by atoms with Gasteiger partial charge in [0.05, 0.1) is 6.42 Å². The Bertz CT molecular complexity index is 492. The molecule has 21 heavy (non-hydrogen) atoms. The average molecular weight is 293 g/mol. The SMILES string of the molecule is C/C=C1\CCC(=O)C1OC(=O)CCN(C)C(=O)/C=C\C=O. The summed E-state index contributed by atoms with van der Waals surface area (Å²) in [6.45, 7) is 1.97. The minimum Gasteiger partial charge on any atom is -0.450 e. The number of esters is 1. The average Bonchev–Trinajstić information content (AvgIpc) is 2.82. The largest absolute Gasteiger partial charge is 0.450 e. The first kappa shape index (κ1) is 16.8. The summed E-state index contributed by atoms with van der Waals surface area (Å²) in [6.07, 6.45) is 4.77. The molecule has 1 unspecified atom stereocenters. The summed E-state index contributed by atoms with van der Waals surface area (Å²) in [5.41, 5.74) is 0.826. The minimum atomic E-state index is -0.765. The van der Waals surface area contributed by atoms with Crippen LogP contribution >= 0.6 is 0 Å². The topological polar surface area (TPSA) is 80.8 Å². The van der Waals surface area contributed by atoms with Gasteiger partial charge in [0, 0.05) is 26.1 Å². The normalized spacial score (nSPS) is 20.0. The van der Waals surface area contributed by atoms with E-state index < -0.39 is 12.1 Å². The van der Waals surface area contributed by atoms with Gasteiger partial charge in [0.25, 0.3) is 0 Å². The summed E-state index contributed by atoms with van der Waals surface area (Å²) >= 11 is 0. The molecule has 0 spiro atoms. The molecule has 0 aliphatic heterocycles.